The van der Waals surface area contributed by atoms with Gasteiger partial charge >= 0.3 is 0 Å². The molecule has 1 saturated heterocycles. The van der Waals surface area contributed by atoms with Crippen LogP contribution >= 0.6 is 11.3 Å². The molecule has 1 fully saturated rings. The van der Waals surface area contributed by atoms with Crippen molar-refractivity contribution in [1.29, 1.82) is 0 Å². The van der Waals surface area contributed by atoms with Crippen molar-refractivity contribution < 1.29 is 9.59 Å². The number of piperidine rings is 1. The highest BCUT2D eigenvalue weighted by Gasteiger charge is 2.27. The molecule has 2 aliphatic rings. The first kappa shape index (κ1) is 18.3. The first-order valence-electron chi connectivity index (χ1n) is 9.90. The molecule has 5 nitrogen and oxygen atoms in total. The molecule has 142 valence electrons. The van der Waals surface area contributed by atoms with Crippen LogP contribution in [0, 0.1) is 0 Å². The van der Waals surface area contributed by atoms with E-state index in [0.29, 0.717) is 11.5 Å². The maximum atomic E-state index is 12.5. The number of Topliss-reactive ketones (excluding diaryl/α,β-unsaturated/α-hetero) is 1. The third-order valence-corrected chi connectivity index (χ3v) is 6.93. The van der Waals surface area contributed by atoms with Crippen LogP contribution in [0.4, 0.5) is 0 Å². The van der Waals surface area contributed by atoms with Gasteiger partial charge in [0.05, 0.1) is 10.7 Å². The first-order valence-corrected chi connectivity index (χ1v) is 10.7. The lowest BCUT2D eigenvalue weighted by Gasteiger charge is -2.31. The minimum absolute atomic E-state index is 0.0142. The van der Waals surface area contributed by atoms with Crippen molar-refractivity contribution in [2.24, 2.45) is 0 Å². The number of amides is 1. The van der Waals surface area contributed by atoms with Crippen molar-refractivity contribution in [3.8, 4) is 0 Å². The van der Waals surface area contributed by atoms with E-state index in [9.17, 15) is 9.59 Å². The Bertz CT molecular complexity index is 787. The summed E-state index contributed by atoms with van der Waals surface area (Å²) in [7, 11) is 0. The van der Waals surface area contributed by atoms with Crippen molar-refractivity contribution in [1.82, 2.24) is 14.9 Å². The summed E-state index contributed by atoms with van der Waals surface area (Å²) in [6.45, 7) is 1.55. The molecule has 0 aromatic carbocycles. The first-order chi connectivity index (χ1) is 13.2. The fourth-order valence-electron chi connectivity index (χ4n) is 3.97. The van der Waals surface area contributed by atoms with E-state index in [1.165, 1.54) is 34.8 Å². The maximum absolute atomic E-state index is 12.5. The Hall–Kier alpha value is -2.08. The van der Waals surface area contributed by atoms with E-state index >= 15 is 0 Å². The minimum Gasteiger partial charge on any atom is -0.343 e. The lowest BCUT2D eigenvalue weighted by molar-refractivity contribution is -0.132. The Balaban J connectivity index is 1.27. The molecule has 6 heteroatoms. The van der Waals surface area contributed by atoms with E-state index in [0.717, 1.165) is 32.4 Å². The van der Waals surface area contributed by atoms with Crippen molar-refractivity contribution in [2.75, 3.05) is 13.1 Å². The smallest absolute Gasteiger partial charge is 0.223 e. The average molecular weight is 384 g/mol. The summed E-state index contributed by atoms with van der Waals surface area (Å²) in [5.74, 6) is 0.561. The maximum Gasteiger partial charge on any atom is 0.223 e. The highest BCUT2D eigenvalue weighted by atomic mass is 32.1. The Morgan fingerprint density at radius 3 is 2.70 bits per heavy atom. The van der Waals surface area contributed by atoms with Gasteiger partial charge in [0.25, 0.3) is 0 Å². The Kier molecular flexibility index (Phi) is 5.62. The van der Waals surface area contributed by atoms with Crippen LogP contribution in [-0.4, -0.2) is 39.6 Å². The largest absolute Gasteiger partial charge is 0.343 e. The van der Waals surface area contributed by atoms with Crippen LogP contribution in [-0.2, 0) is 17.6 Å². The highest BCUT2D eigenvalue weighted by molar-refractivity contribution is 7.11. The Morgan fingerprint density at radius 1 is 1.15 bits per heavy atom. The zero-order valence-corrected chi connectivity index (χ0v) is 16.3. The number of nitrogens with zero attached hydrogens (tertiary/aromatic N) is 3. The van der Waals surface area contributed by atoms with Crippen LogP contribution in [0.1, 0.15) is 70.4 Å². The number of ketones is 1. The normalized spacial score (nSPS) is 17.6. The molecule has 0 unspecified atom stereocenters. The number of aryl methyl sites for hydroxylation is 2. The molecule has 1 aliphatic carbocycles. The van der Waals surface area contributed by atoms with Gasteiger partial charge in [0, 0.05) is 54.7 Å². The molecule has 0 spiro atoms. The number of pyridine rings is 1. The molecule has 2 aromatic rings. The Labute approximate surface area is 163 Å². The van der Waals surface area contributed by atoms with Crippen molar-refractivity contribution in [2.45, 2.75) is 57.3 Å². The van der Waals surface area contributed by atoms with Gasteiger partial charge in [-0.15, -0.1) is 11.3 Å². The summed E-state index contributed by atoms with van der Waals surface area (Å²) in [5, 5.41) is 1.28. The van der Waals surface area contributed by atoms with E-state index < -0.39 is 0 Å². The second kappa shape index (κ2) is 8.30. The molecular weight excluding hydrogens is 358 g/mol. The van der Waals surface area contributed by atoms with Crippen molar-refractivity contribution in [3.05, 3.63) is 45.7 Å². The van der Waals surface area contributed by atoms with Gasteiger partial charge in [-0.3, -0.25) is 14.6 Å². The lowest BCUT2D eigenvalue weighted by Crippen LogP contribution is -2.38. The third-order valence-electron chi connectivity index (χ3n) is 5.61. The van der Waals surface area contributed by atoms with Crippen LogP contribution in [0.25, 0.3) is 0 Å². The molecule has 0 atom stereocenters. The number of aromatic nitrogens is 2. The summed E-state index contributed by atoms with van der Waals surface area (Å²) < 4.78 is 0. The molecule has 0 radical (unpaired) electrons. The number of hydrogen-bond acceptors (Lipinski definition) is 5. The molecule has 27 heavy (non-hydrogen) atoms. The zero-order chi connectivity index (χ0) is 18.6. The molecule has 4 rings (SSSR count). The molecule has 0 saturated carbocycles. The van der Waals surface area contributed by atoms with Crippen LogP contribution in [0.2, 0.25) is 0 Å². The number of likely N-dealkylation sites (tertiary alicyclic amines) is 1. The number of thiazole rings is 1. The Morgan fingerprint density at radius 2 is 1.96 bits per heavy atom. The van der Waals surface area contributed by atoms with E-state index in [2.05, 4.69) is 4.98 Å². The number of rotatable bonds is 5. The van der Waals surface area contributed by atoms with Gasteiger partial charge < -0.3 is 4.90 Å². The van der Waals surface area contributed by atoms with E-state index in [-0.39, 0.29) is 24.5 Å². The van der Waals surface area contributed by atoms with Crippen LogP contribution in [0.3, 0.4) is 0 Å². The van der Waals surface area contributed by atoms with Gasteiger partial charge in [-0.05, 0) is 50.7 Å². The van der Waals surface area contributed by atoms with Gasteiger partial charge in [-0.2, -0.15) is 0 Å². The quantitative estimate of drug-likeness (QED) is 0.737. The molecule has 1 aliphatic heterocycles. The number of carbonyl (C=O) groups is 2. The molecule has 1 amide bonds. The second-order valence-corrected chi connectivity index (χ2v) is 8.56. The van der Waals surface area contributed by atoms with Gasteiger partial charge in [0.15, 0.2) is 5.78 Å². The zero-order valence-electron chi connectivity index (χ0n) is 15.5. The molecule has 0 bridgehead atoms. The topological polar surface area (TPSA) is 63.2 Å². The summed E-state index contributed by atoms with van der Waals surface area (Å²) in [6, 6.07) is 3.50. The van der Waals surface area contributed by atoms with Crippen LogP contribution in [0.5, 0.6) is 0 Å². The number of fused-ring (bicyclic) bond motifs is 1. The van der Waals surface area contributed by atoms with Crippen LogP contribution < -0.4 is 0 Å². The van der Waals surface area contributed by atoms with E-state index in [1.54, 1.807) is 24.5 Å². The number of carbonyl (C=O) groups excluding carboxylic acids is 2. The third kappa shape index (κ3) is 4.26. The second-order valence-electron chi connectivity index (χ2n) is 7.45. The summed E-state index contributed by atoms with van der Waals surface area (Å²) >= 11 is 1.90. The molecular formula is C21H25N3O2S. The van der Waals surface area contributed by atoms with Gasteiger partial charge in [-0.25, -0.2) is 4.98 Å². The van der Waals surface area contributed by atoms with Gasteiger partial charge in [0.1, 0.15) is 0 Å². The lowest BCUT2D eigenvalue weighted by atomic mass is 9.96. The predicted molar refractivity (Wildman–Crippen MR) is 105 cm³/mol. The van der Waals surface area contributed by atoms with Gasteiger partial charge in [0.2, 0.25) is 5.91 Å². The standard InChI is InChI=1S/C21H25N3O2S/c25-18(16-4-3-11-22-14-16)7-8-20(26)24-12-9-15(10-13-24)21-23-17-5-1-2-6-19(17)27-21/h3-4,11,14-15H,1-2,5-10,12-13H2. The SMILES string of the molecule is O=C(CCC(=O)N1CCC(c2nc3c(s2)CCCC3)CC1)c1cccnc1. The molecule has 2 aromatic heterocycles. The number of hydrogen-bond donors (Lipinski definition) is 0. The predicted octanol–water partition coefficient (Wildman–Crippen LogP) is 3.79. The van der Waals surface area contributed by atoms with E-state index in [1.807, 2.05) is 16.2 Å². The van der Waals surface area contributed by atoms with Crippen molar-refractivity contribution >= 4 is 23.0 Å². The van der Waals surface area contributed by atoms with Crippen molar-refractivity contribution in [3.63, 3.8) is 0 Å². The highest BCUT2D eigenvalue weighted by Crippen LogP contribution is 2.35. The van der Waals surface area contributed by atoms with Gasteiger partial charge in [-0.1, -0.05) is 0 Å². The monoisotopic (exact) mass is 383 g/mol. The molecule has 0 N–H and O–H groups in total. The minimum atomic E-state index is -0.0142. The van der Waals surface area contributed by atoms with Crippen LogP contribution in [0.15, 0.2) is 24.5 Å². The fourth-order valence-corrected chi connectivity index (χ4v) is 5.30. The summed E-state index contributed by atoms with van der Waals surface area (Å²) in [4.78, 5) is 36.9. The van der Waals surface area contributed by atoms with E-state index in [4.69, 9.17) is 4.98 Å². The summed E-state index contributed by atoms with van der Waals surface area (Å²) in [6.07, 6.45) is 10.6. The molecule has 3 heterocycles. The summed E-state index contributed by atoms with van der Waals surface area (Å²) in [5.41, 5.74) is 1.91. The average Bonchev–Trinajstić information content (AvgIpc) is 3.17. The fraction of sp³-hybridized carbons (Fsp3) is 0.524.